The second kappa shape index (κ2) is 14.3. The first kappa shape index (κ1) is 29.1. The highest BCUT2D eigenvalue weighted by Crippen LogP contribution is 2.39. The number of rotatable bonds is 6. The zero-order valence-corrected chi connectivity index (χ0v) is 32.5. The van der Waals surface area contributed by atoms with Crippen molar-refractivity contribution in [2.45, 2.75) is 0 Å². The lowest BCUT2D eigenvalue weighted by molar-refractivity contribution is 0.669. The number of aromatic nitrogens is 3. The summed E-state index contributed by atoms with van der Waals surface area (Å²) < 4.78 is 63.3. The van der Waals surface area contributed by atoms with Gasteiger partial charge in [-0.05, 0) is 108 Å². The molecule has 12 rings (SSSR count). The zero-order chi connectivity index (χ0) is 45.5. The Hall–Kier alpha value is -8.21. The van der Waals surface area contributed by atoms with Crippen molar-refractivity contribution in [3.63, 3.8) is 0 Å². The summed E-state index contributed by atoms with van der Waals surface area (Å²) in [5.74, 6) is 0.606. The van der Waals surface area contributed by atoms with Crippen LogP contribution >= 0.6 is 0 Å². The molecule has 61 heavy (non-hydrogen) atoms. The van der Waals surface area contributed by atoms with E-state index in [1.165, 1.54) is 0 Å². The van der Waals surface area contributed by atoms with Crippen molar-refractivity contribution in [1.82, 2.24) is 15.0 Å². The van der Waals surface area contributed by atoms with Gasteiger partial charge in [0, 0.05) is 27.5 Å². The van der Waals surface area contributed by atoms with Crippen LogP contribution in [0.15, 0.2) is 217 Å². The Morgan fingerprint density at radius 3 is 1.33 bits per heavy atom. The minimum atomic E-state index is -0.342. The molecule has 284 valence electrons. The first-order valence-corrected chi connectivity index (χ1v) is 20.1. The van der Waals surface area contributed by atoms with Gasteiger partial charge in [-0.15, -0.1) is 0 Å². The monoisotopic (exact) mass is 783 g/mol. The molecule has 0 saturated heterocycles. The van der Waals surface area contributed by atoms with E-state index in [2.05, 4.69) is 24.3 Å². The summed E-state index contributed by atoms with van der Waals surface area (Å²) in [7, 11) is 0. The van der Waals surface area contributed by atoms with Crippen LogP contribution in [0.5, 0.6) is 0 Å². The molecule has 0 atom stereocenters. The smallest absolute Gasteiger partial charge is 0.164 e. The summed E-state index contributed by atoms with van der Waals surface area (Å²) >= 11 is 0. The van der Waals surface area contributed by atoms with Gasteiger partial charge in [0.1, 0.15) is 11.2 Å². The highest BCUT2D eigenvalue weighted by molar-refractivity contribution is 6.25. The highest BCUT2D eigenvalue weighted by atomic mass is 16.3. The maximum absolute atomic E-state index is 9.67. The van der Waals surface area contributed by atoms with Gasteiger partial charge in [-0.3, -0.25) is 0 Å². The number of nitrogens with zero attached hydrogens (tertiary/aromatic N) is 3. The van der Waals surface area contributed by atoms with E-state index in [9.17, 15) is 8.22 Å². The maximum atomic E-state index is 9.67. The molecule has 0 spiro atoms. The molecule has 0 amide bonds. The second-order valence-electron chi connectivity index (χ2n) is 15.1. The lowest BCUT2D eigenvalue weighted by Gasteiger charge is -2.12. The van der Waals surface area contributed by atoms with Gasteiger partial charge in [-0.1, -0.05) is 170 Å². The van der Waals surface area contributed by atoms with Gasteiger partial charge in [0.15, 0.2) is 17.5 Å². The van der Waals surface area contributed by atoms with Crippen molar-refractivity contribution >= 4 is 54.3 Å². The quantitative estimate of drug-likeness (QED) is 0.158. The van der Waals surface area contributed by atoms with Crippen molar-refractivity contribution in [2.75, 3.05) is 0 Å². The van der Waals surface area contributed by atoms with Gasteiger partial charge in [0.25, 0.3) is 0 Å². The zero-order valence-electron chi connectivity index (χ0n) is 38.5. The Balaban J connectivity index is 1.07. The highest BCUT2D eigenvalue weighted by Gasteiger charge is 2.17. The topological polar surface area (TPSA) is 51.8 Å². The van der Waals surface area contributed by atoms with Gasteiger partial charge in [-0.2, -0.15) is 0 Å². The Labute approximate surface area is 360 Å². The molecule has 2 heterocycles. The molecular formula is C57H35N3O. The van der Waals surface area contributed by atoms with Crippen LogP contribution in [-0.2, 0) is 0 Å². The summed E-state index contributed by atoms with van der Waals surface area (Å²) in [4.78, 5) is 14.8. The molecule has 0 saturated carbocycles. The molecule has 0 bridgehead atoms. The number of hydrogen-bond donors (Lipinski definition) is 0. The molecule has 2 aromatic heterocycles. The Morgan fingerprint density at radius 1 is 0.279 bits per heavy atom. The summed E-state index contributed by atoms with van der Waals surface area (Å²) in [6.07, 6.45) is 0. The van der Waals surface area contributed by atoms with Gasteiger partial charge < -0.3 is 4.42 Å². The fourth-order valence-electron chi connectivity index (χ4n) is 8.39. The van der Waals surface area contributed by atoms with Crippen LogP contribution < -0.4 is 0 Å². The molecule has 0 aliphatic heterocycles. The van der Waals surface area contributed by atoms with Gasteiger partial charge in [0.2, 0.25) is 0 Å². The molecule has 0 unspecified atom stereocenters. The number of furan rings is 1. The van der Waals surface area contributed by atoms with Crippen LogP contribution in [0.2, 0.25) is 0 Å². The van der Waals surface area contributed by atoms with Crippen molar-refractivity contribution in [1.29, 1.82) is 0 Å². The number of fused-ring (bicyclic) bond motifs is 9. The lowest BCUT2D eigenvalue weighted by Crippen LogP contribution is -2.00. The largest absolute Gasteiger partial charge is 0.456 e. The summed E-state index contributed by atoms with van der Waals surface area (Å²) in [5, 5.41) is 6.41. The molecule has 10 aromatic carbocycles. The lowest BCUT2D eigenvalue weighted by atomic mass is 9.92. The van der Waals surface area contributed by atoms with E-state index in [0.29, 0.717) is 28.3 Å². The third-order valence-corrected chi connectivity index (χ3v) is 11.4. The SMILES string of the molecule is [2H]c1c(-c2ccc3c4ccccc4c4ccccc4c3c2)c([2H])c2c(oc3c([2H])c(-c4nc(-c5cccc(-c6ccccc6)c5)nc(-c5cccc(-c6ccccc6)c5)n4)c([2H])c([2H])c32)c1[2H]. The average Bonchev–Trinajstić information content (AvgIpc) is 3.80. The van der Waals surface area contributed by atoms with Gasteiger partial charge in [-0.25, -0.2) is 15.0 Å². The predicted octanol–water partition coefficient (Wildman–Crippen LogP) is 15.2. The second-order valence-corrected chi connectivity index (χ2v) is 15.1. The first-order chi connectivity index (χ1) is 32.7. The summed E-state index contributed by atoms with van der Waals surface area (Å²) in [6.45, 7) is 0. The molecule has 12 aromatic rings. The Kier molecular flexibility index (Phi) is 6.80. The Bertz CT molecular complexity index is 3870. The predicted molar refractivity (Wildman–Crippen MR) is 252 cm³/mol. The van der Waals surface area contributed by atoms with E-state index in [1.807, 2.05) is 152 Å². The first-order valence-electron chi connectivity index (χ1n) is 23.1. The van der Waals surface area contributed by atoms with Crippen molar-refractivity contribution in [2.24, 2.45) is 0 Å². The van der Waals surface area contributed by atoms with E-state index in [-0.39, 0.29) is 75.1 Å². The number of hydrogen-bond acceptors (Lipinski definition) is 4. The molecule has 0 radical (unpaired) electrons. The molecular weight excluding hydrogens is 743 g/mol. The van der Waals surface area contributed by atoms with Crippen molar-refractivity contribution < 1.29 is 12.6 Å². The van der Waals surface area contributed by atoms with E-state index in [0.717, 1.165) is 54.6 Å². The number of benzene rings is 10. The van der Waals surface area contributed by atoms with Crippen LogP contribution in [-0.4, -0.2) is 15.0 Å². The van der Waals surface area contributed by atoms with Crippen LogP contribution in [0.3, 0.4) is 0 Å². The maximum Gasteiger partial charge on any atom is 0.164 e. The van der Waals surface area contributed by atoms with Crippen LogP contribution in [0, 0.1) is 0 Å². The van der Waals surface area contributed by atoms with Gasteiger partial charge >= 0.3 is 0 Å². The standard InChI is InChI=1S/C57H35N3O/c1-3-13-36(14-4-1)38-17-11-19-42(31-38)55-58-56(43-20-12-18-39(32-43)37-15-5-2-6-16-37)60-57(59-55)44-26-29-50-52-34-41(27-30-53(52)61-54(50)35-44)40-25-28-49-47-23-8-7-21-45(47)46-22-9-10-24-48(46)51(49)33-40/h1-35H/i26D,27D,29D,30D,34D,35D. The molecule has 4 nitrogen and oxygen atoms in total. The normalized spacial score (nSPS) is 13.0. The summed E-state index contributed by atoms with van der Waals surface area (Å²) in [5.41, 5.74) is 5.78. The van der Waals surface area contributed by atoms with E-state index in [4.69, 9.17) is 19.4 Å². The van der Waals surface area contributed by atoms with Crippen LogP contribution in [0.25, 0.3) is 122 Å². The minimum absolute atomic E-state index is 0.00365. The van der Waals surface area contributed by atoms with Crippen LogP contribution in [0.1, 0.15) is 8.22 Å². The molecule has 0 N–H and O–H groups in total. The average molecular weight is 784 g/mol. The Morgan fingerprint density at radius 2 is 0.738 bits per heavy atom. The van der Waals surface area contributed by atoms with E-state index < -0.39 is 0 Å². The minimum Gasteiger partial charge on any atom is -0.456 e. The van der Waals surface area contributed by atoms with Crippen molar-refractivity contribution in [3.8, 4) is 67.5 Å². The molecule has 0 fully saturated rings. The third kappa shape index (κ3) is 6.12. The van der Waals surface area contributed by atoms with Crippen LogP contribution in [0.4, 0.5) is 0 Å². The van der Waals surface area contributed by atoms with Gasteiger partial charge in [0.05, 0.1) is 8.22 Å². The third-order valence-electron chi connectivity index (χ3n) is 11.4. The van der Waals surface area contributed by atoms with E-state index >= 15 is 0 Å². The molecule has 4 heteroatoms. The molecule has 0 aliphatic rings. The van der Waals surface area contributed by atoms with Crippen molar-refractivity contribution in [3.05, 3.63) is 212 Å². The van der Waals surface area contributed by atoms with E-state index in [1.54, 1.807) is 0 Å². The fraction of sp³-hybridized carbons (Fsp3) is 0. The molecule has 0 aliphatic carbocycles. The summed E-state index contributed by atoms with van der Waals surface area (Å²) in [6, 6.07) is 56.3. The fourth-order valence-corrected chi connectivity index (χ4v) is 8.39.